The van der Waals surface area contributed by atoms with Crippen molar-refractivity contribution in [3.63, 3.8) is 0 Å². The second kappa shape index (κ2) is 8.89. The molecule has 0 aliphatic rings. The van der Waals surface area contributed by atoms with E-state index in [0.717, 1.165) is 17.9 Å². The minimum absolute atomic E-state index is 0.133. The predicted molar refractivity (Wildman–Crippen MR) is 108 cm³/mol. The Hall–Kier alpha value is -3.49. The van der Waals surface area contributed by atoms with Crippen LogP contribution in [-0.4, -0.2) is 42.1 Å². The Bertz CT molecular complexity index is 1030. The van der Waals surface area contributed by atoms with E-state index in [4.69, 9.17) is 23.4 Å². The van der Waals surface area contributed by atoms with Gasteiger partial charge in [-0.2, -0.15) is 0 Å². The average molecular weight is 415 g/mol. The number of benzene rings is 1. The van der Waals surface area contributed by atoms with E-state index in [1.54, 1.807) is 12.1 Å². The van der Waals surface area contributed by atoms with Crippen LogP contribution in [0.2, 0.25) is 0 Å². The highest BCUT2D eigenvalue weighted by atomic mass is 16.5. The topological polar surface area (TPSA) is 97.8 Å². The monoisotopic (exact) mass is 415 g/mol. The normalized spacial score (nSPS) is 10.7. The first-order valence-corrected chi connectivity index (χ1v) is 9.40. The van der Waals surface area contributed by atoms with Crippen LogP contribution in [0.4, 0.5) is 0 Å². The third-order valence-corrected chi connectivity index (χ3v) is 4.82. The van der Waals surface area contributed by atoms with Crippen molar-refractivity contribution in [1.29, 1.82) is 0 Å². The molecule has 0 unspecified atom stereocenters. The van der Waals surface area contributed by atoms with Crippen molar-refractivity contribution >= 4 is 5.97 Å². The summed E-state index contributed by atoms with van der Waals surface area (Å²) in [5.41, 5.74) is 2.98. The maximum Gasteiger partial charge on any atom is 0.340 e. The van der Waals surface area contributed by atoms with Crippen molar-refractivity contribution in [1.82, 2.24) is 14.8 Å². The molecule has 2 heterocycles. The molecule has 0 spiro atoms. The molecule has 160 valence electrons. The molecule has 3 rings (SSSR count). The quantitative estimate of drug-likeness (QED) is 0.515. The fraction of sp³-hybridized carbons (Fsp3) is 0.381. The maximum atomic E-state index is 12.5. The number of carbonyl (C=O) groups is 1. The molecule has 0 saturated carbocycles. The SMILES string of the molecule is CCn1c(C)cc(C(=O)OCc2nnc(-c3cc(OC)c(OC)c(OC)c3)o2)c1C. The standard InChI is InChI=1S/C21H25N3O6/c1-7-24-12(2)8-15(13(24)3)21(25)29-11-18-22-23-20(30-18)14-9-16(26-4)19(28-6)17(10-14)27-5/h8-10H,7,11H2,1-6H3. The van der Waals surface area contributed by atoms with Gasteiger partial charge in [0.25, 0.3) is 5.89 Å². The molecule has 3 aromatic rings. The molecule has 0 atom stereocenters. The Labute approximate surface area is 174 Å². The van der Waals surface area contributed by atoms with Gasteiger partial charge in [-0.3, -0.25) is 0 Å². The second-order valence-corrected chi connectivity index (χ2v) is 6.52. The Morgan fingerprint density at radius 3 is 2.23 bits per heavy atom. The van der Waals surface area contributed by atoms with E-state index in [1.807, 2.05) is 31.4 Å². The molecule has 9 heteroatoms. The van der Waals surface area contributed by atoms with Gasteiger partial charge in [0.15, 0.2) is 18.1 Å². The highest BCUT2D eigenvalue weighted by Gasteiger charge is 2.20. The van der Waals surface area contributed by atoms with E-state index < -0.39 is 5.97 Å². The number of carbonyl (C=O) groups excluding carboxylic acids is 1. The molecule has 0 N–H and O–H groups in total. The summed E-state index contributed by atoms with van der Waals surface area (Å²) < 4.78 is 29.1. The van der Waals surface area contributed by atoms with Crippen molar-refractivity contribution in [2.75, 3.05) is 21.3 Å². The first kappa shape index (κ1) is 21.2. The van der Waals surface area contributed by atoms with Gasteiger partial charge in [-0.05, 0) is 39.0 Å². The second-order valence-electron chi connectivity index (χ2n) is 6.52. The molecule has 0 radical (unpaired) electrons. The molecule has 0 amide bonds. The van der Waals surface area contributed by atoms with Crippen molar-refractivity contribution in [3.05, 3.63) is 41.0 Å². The minimum atomic E-state index is -0.435. The summed E-state index contributed by atoms with van der Waals surface area (Å²) in [5.74, 6) is 1.37. The number of hydrogen-bond donors (Lipinski definition) is 0. The van der Waals surface area contributed by atoms with Crippen LogP contribution >= 0.6 is 0 Å². The zero-order valence-corrected chi connectivity index (χ0v) is 17.9. The van der Waals surface area contributed by atoms with Gasteiger partial charge in [0, 0.05) is 23.5 Å². The molecule has 0 aliphatic heterocycles. The zero-order valence-electron chi connectivity index (χ0n) is 17.9. The van der Waals surface area contributed by atoms with Crippen LogP contribution in [0.25, 0.3) is 11.5 Å². The molecule has 1 aromatic carbocycles. The van der Waals surface area contributed by atoms with E-state index in [-0.39, 0.29) is 18.4 Å². The number of aryl methyl sites for hydroxylation is 1. The molecule has 30 heavy (non-hydrogen) atoms. The van der Waals surface area contributed by atoms with Crippen molar-refractivity contribution in [3.8, 4) is 28.7 Å². The van der Waals surface area contributed by atoms with Crippen LogP contribution in [0.3, 0.4) is 0 Å². The van der Waals surface area contributed by atoms with Gasteiger partial charge in [0.05, 0.1) is 26.9 Å². The Kier molecular flexibility index (Phi) is 6.29. The molecular weight excluding hydrogens is 390 g/mol. The van der Waals surface area contributed by atoms with Crippen molar-refractivity contribution < 1.29 is 28.2 Å². The summed E-state index contributed by atoms with van der Waals surface area (Å²) in [6.45, 7) is 6.52. The average Bonchev–Trinajstić information content (AvgIpc) is 3.34. The third kappa shape index (κ3) is 3.96. The van der Waals surface area contributed by atoms with Gasteiger partial charge in [-0.15, -0.1) is 10.2 Å². The van der Waals surface area contributed by atoms with E-state index in [1.165, 1.54) is 21.3 Å². The van der Waals surface area contributed by atoms with Crippen LogP contribution in [-0.2, 0) is 17.9 Å². The molecule has 0 fully saturated rings. The van der Waals surface area contributed by atoms with Crippen LogP contribution in [0.15, 0.2) is 22.6 Å². The lowest BCUT2D eigenvalue weighted by Gasteiger charge is -2.12. The van der Waals surface area contributed by atoms with E-state index in [9.17, 15) is 4.79 Å². The van der Waals surface area contributed by atoms with Crippen LogP contribution in [0.1, 0.15) is 34.6 Å². The molecular formula is C21H25N3O6. The van der Waals surface area contributed by atoms with Crippen LogP contribution in [0.5, 0.6) is 17.2 Å². The first-order valence-electron chi connectivity index (χ1n) is 9.40. The summed E-state index contributed by atoms with van der Waals surface area (Å²) in [4.78, 5) is 12.5. The molecule has 0 aliphatic carbocycles. The van der Waals surface area contributed by atoms with Gasteiger partial charge in [0.1, 0.15) is 0 Å². The summed E-state index contributed by atoms with van der Waals surface area (Å²) in [6, 6.07) is 5.21. The van der Waals surface area contributed by atoms with E-state index in [2.05, 4.69) is 10.2 Å². The fourth-order valence-corrected chi connectivity index (χ4v) is 3.33. The third-order valence-electron chi connectivity index (χ3n) is 4.82. The summed E-state index contributed by atoms with van der Waals surface area (Å²) >= 11 is 0. The number of aromatic nitrogens is 3. The zero-order chi connectivity index (χ0) is 21.8. The molecule has 0 saturated heterocycles. The lowest BCUT2D eigenvalue weighted by atomic mass is 10.2. The largest absolute Gasteiger partial charge is 0.493 e. The van der Waals surface area contributed by atoms with E-state index >= 15 is 0 Å². The van der Waals surface area contributed by atoms with Gasteiger partial charge in [-0.1, -0.05) is 0 Å². The van der Waals surface area contributed by atoms with Crippen LogP contribution < -0.4 is 14.2 Å². The minimum Gasteiger partial charge on any atom is -0.493 e. The van der Waals surface area contributed by atoms with Gasteiger partial charge in [0.2, 0.25) is 11.6 Å². The maximum absolute atomic E-state index is 12.5. The Morgan fingerprint density at radius 1 is 1.03 bits per heavy atom. The molecule has 2 aromatic heterocycles. The summed E-state index contributed by atoms with van der Waals surface area (Å²) in [7, 11) is 4.57. The number of nitrogens with zero attached hydrogens (tertiary/aromatic N) is 3. The molecule has 0 bridgehead atoms. The summed E-state index contributed by atoms with van der Waals surface area (Å²) in [6.07, 6.45) is 0. The number of rotatable bonds is 8. The van der Waals surface area contributed by atoms with Gasteiger partial charge in [-0.25, -0.2) is 4.79 Å². The highest BCUT2D eigenvalue weighted by Crippen LogP contribution is 2.40. The number of esters is 1. The van der Waals surface area contributed by atoms with Gasteiger partial charge < -0.3 is 27.9 Å². The van der Waals surface area contributed by atoms with Crippen LogP contribution in [0, 0.1) is 13.8 Å². The summed E-state index contributed by atoms with van der Waals surface area (Å²) in [5, 5.41) is 7.99. The van der Waals surface area contributed by atoms with E-state index in [0.29, 0.717) is 28.4 Å². The number of hydrogen-bond acceptors (Lipinski definition) is 8. The lowest BCUT2D eigenvalue weighted by Crippen LogP contribution is -2.07. The number of methoxy groups -OCH3 is 3. The Morgan fingerprint density at radius 2 is 1.70 bits per heavy atom. The van der Waals surface area contributed by atoms with Crippen molar-refractivity contribution in [2.24, 2.45) is 0 Å². The van der Waals surface area contributed by atoms with Crippen molar-refractivity contribution in [2.45, 2.75) is 33.9 Å². The lowest BCUT2D eigenvalue weighted by molar-refractivity contribution is 0.0437. The van der Waals surface area contributed by atoms with Gasteiger partial charge >= 0.3 is 5.97 Å². The predicted octanol–water partition coefficient (Wildman–Crippen LogP) is 3.56. The first-order chi connectivity index (χ1) is 14.4. The highest BCUT2D eigenvalue weighted by molar-refractivity contribution is 5.91. The fourth-order valence-electron chi connectivity index (χ4n) is 3.33. The smallest absolute Gasteiger partial charge is 0.340 e. The molecule has 9 nitrogen and oxygen atoms in total. The number of ether oxygens (including phenoxy) is 4. The Balaban J connectivity index is 1.77.